The van der Waals surface area contributed by atoms with Gasteiger partial charge in [-0.2, -0.15) is 17.5 Å². The van der Waals surface area contributed by atoms with Crippen molar-refractivity contribution >= 4 is 15.9 Å². The summed E-state index contributed by atoms with van der Waals surface area (Å²) in [5.41, 5.74) is 0.611. The fourth-order valence-corrected chi connectivity index (χ4v) is 5.72. The number of hydrogen-bond donors (Lipinski definition) is 1. The van der Waals surface area contributed by atoms with E-state index in [-0.39, 0.29) is 24.3 Å². The number of alkyl halides is 3. The largest absolute Gasteiger partial charge is 0.391 e. The van der Waals surface area contributed by atoms with Crippen molar-refractivity contribution < 1.29 is 26.4 Å². The van der Waals surface area contributed by atoms with Crippen LogP contribution in [0.25, 0.3) is 0 Å². The van der Waals surface area contributed by atoms with Gasteiger partial charge in [-0.1, -0.05) is 25.0 Å². The molecule has 9 heteroatoms. The summed E-state index contributed by atoms with van der Waals surface area (Å²) < 4.78 is 65.9. The molecule has 1 saturated heterocycles. The van der Waals surface area contributed by atoms with Crippen LogP contribution in [0.5, 0.6) is 0 Å². The molecule has 0 spiro atoms. The third-order valence-electron chi connectivity index (χ3n) is 5.83. The van der Waals surface area contributed by atoms with Crippen molar-refractivity contribution in [2.24, 2.45) is 11.8 Å². The molecule has 2 fully saturated rings. The summed E-state index contributed by atoms with van der Waals surface area (Å²) in [5.74, 6) is -2.48. The van der Waals surface area contributed by atoms with Gasteiger partial charge in [0.05, 0.1) is 10.8 Å². The smallest absolute Gasteiger partial charge is 0.352 e. The average molecular weight is 433 g/mol. The fourth-order valence-electron chi connectivity index (χ4n) is 4.13. The SMILES string of the molecule is O=C(NCc1cccc(S(=O)(=O)N2CCCCC2)c1)C1CCCC(C(F)(F)F)C1. The lowest BCUT2D eigenvalue weighted by Gasteiger charge is -2.29. The Morgan fingerprint density at radius 1 is 1.10 bits per heavy atom. The minimum absolute atomic E-state index is 0.0731. The van der Waals surface area contributed by atoms with Gasteiger partial charge < -0.3 is 5.32 Å². The first-order valence-corrected chi connectivity index (χ1v) is 11.6. The Labute approximate surface area is 169 Å². The lowest BCUT2D eigenvalue weighted by molar-refractivity contribution is -0.186. The highest BCUT2D eigenvalue weighted by Gasteiger charge is 2.43. The van der Waals surface area contributed by atoms with E-state index < -0.39 is 33.9 Å². The molecule has 1 saturated carbocycles. The van der Waals surface area contributed by atoms with E-state index in [4.69, 9.17) is 0 Å². The summed E-state index contributed by atoms with van der Waals surface area (Å²) in [4.78, 5) is 12.5. The number of benzene rings is 1. The third-order valence-corrected chi connectivity index (χ3v) is 7.72. The Balaban J connectivity index is 1.61. The normalized spacial score (nSPS) is 24.2. The Bertz CT molecular complexity index is 821. The molecule has 5 nitrogen and oxygen atoms in total. The van der Waals surface area contributed by atoms with Crippen molar-refractivity contribution in [2.45, 2.75) is 62.6 Å². The summed E-state index contributed by atoms with van der Waals surface area (Å²) in [5, 5.41) is 2.68. The molecule has 0 radical (unpaired) electrons. The molecule has 2 unspecified atom stereocenters. The fraction of sp³-hybridized carbons (Fsp3) is 0.650. The number of halogens is 3. The van der Waals surface area contributed by atoms with Crippen molar-refractivity contribution in [3.05, 3.63) is 29.8 Å². The van der Waals surface area contributed by atoms with Gasteiger partial charge in [-0.15, -0.1) is 0 Å². The Morgan fingerprint density at radius 2 is 1.83 bits per heavy atom. The number of piperidine rings is 1. The van der Waals surface area contributed by atoms with Gasteiger partial charge in [0, 0.05) is 25.6 Å². The summed E-state index contributed by atoms with van der Waals surface area (Å²) in [6, 6.07) is 6.39. The molecule has 162 valence electrons. The number of sulfonamides is 1. The molecule has 1 aliphatic heterocycles. The molecular formula is C20H27F3N2O3S. The predicted octanol–water partition coefficient (Wildman–Crippen LogP) is 3.85. The zero-order valence-electron chi connectivity index (χ0n) is 16.2. The van der Waals surface area contributed by atoms with Crippen LogP contribution in [0.2, 0.25) is 0 Å². The molecule has 1 heterocycles. The van der Waals surface area contributed by atoms with Crippen molar-refractivity contribution in [1.29, 1.82) is 0 Å². The van der Waals surface area contributed by atoms with Crippen molar-refractivity contribution in [3.8, 4) is 0 Å². The maximum Gasteiger partial charge on any atom is 0.391 e. The van der Waals surface area contributed by atoms with Gasteiger partial charge in [0.2, 0.25) is 15.9 Å². The summed E-state index contributed by atoms with van der Waals surface area (Å²) in [7, 11) is -3.57. The molecule has 2 aliphatic rings. The Hall–Kier alpha value is -1.61. The van der Waals surface area contributed by atoms with Gasteiger partial charge in [0.1, 0.15) is 0 Å². The van der Waals surface area contributed by atoms with Gasteiger partial charge in [0.25, 0.3) is 0 Å². The van der Waals surface area contributed by atoms with Gasteiger partial charge in [-0.05, 0) is 49.8 Å². The number of hydrogen-bond acceptors (Lipinski definition) is 3. The van der Waals surface area contributed by atoms with Gasteiger partial charge in [-0.3, -0.25) is 4.79 Å². The predicted molar refractivity (Wildman–Crippen MR) is 102 cm³/mol. The van der Waals surface area contributed by atoms with E-state index in [1.54, 1.807) is 12.1 Å². The van der Waals surface area contributed by atoms with E-state index in [2.05, 4.69) is 5.32 Å². The zero-order valence-corrected chi connectivity index (χ0v) is 17.1. The third kappa shape index (κ3) is 5.51. The summed E-state index contributed by atoms with van der Waals surface area (Å²) >= 11 is 0. The number of amides is 1. The van der Waals surface area contributed by atoms with Gasteiger partial charge >= 0.3 is 6.18 Å². The molecule has 1 aromatic rings. The van der Waals surface area contributed by atoms with Gasteiger partial charge in [0.15, 0.2) is 0 Å². The van der Waals surface area contributed by atoms with Crippen molar-refractivity contribution in [3.63, 3.8) is 0 Å². The molecule has 2 atom stereocenters. The second-order valence-corrected chi connectivity index (χ2v) is 9.87. The first-order valence-electron chi connectivity index (χ1n) is 10.1. The highest BCUT2D eigenvalue weighted by atomic mass is 32.2. The lowest BCUT2D eigenvalue weighted by Crippen LogP contribution is -2.37. The van der Waals surface area contributed by atoms with E-state index in [0.717, 1.165) is 19.3 Å². The van der Waals surface area contributed by atoms with E-state index in [1.807, 2.05) is 0 Å². The second-order valence-electron chi connectivity index (χ2n) is 7.93. The Kier molecular flexibility index (Phi) is 6.88. The first kappa shape index (κ1) is 22.1. The molecule has 3 rings (SSSR count). The molecular weight excluding hydrogens is 405 g/mol. The Morgan fingerprint density at radius 3 is 2.52 bits per heavy atom. The molecule has 0 bridgehead atoms. The molecule has 0 aromatic heterocycles. The van der Waals surface area contributed by atoms with Crippen LogP contribution < -0.4 is 5.32 Å². The number of carbonyl (C=O) groups excluding carboxylic acids is 1. The van der Waals surface area contributed by atoms with Crippen LogP contribution in [0.4, 0.5) is 13.2 Å². The maximum absolute atomic E-state index is 12.9. The minimum atomic E-state index is -4.27. The monoisotopic (exact) mass is 432 g/mol. The minimum Gasteiger partial charge on any atom is -0.352 e. The molecule has 1 N–H and O–H groups in total. The standard InChI is InChI=1S/C20H27F3N2O3S/c21-20(22,23)17-8-5-7-16(13-17)19(26)24-14-15-6-4-9-18(12-15)29(27,28)25-10-2-1-3-11-25/h4,6,9,12,16-17H,1-3,5,7-8,10-11,13-14H2,(H,24,26). The van der Waals surface area contributed by atoms with Crippen LogP contribution in [0.1, 0.15) is 50.5 Å². The number of rotatable bonds is 5. The van der Waals surface area contributed by atoms with Crippen LogP contribution in [0.3, 0.4) is 0 Å². The van der Waals surface area contributed by atoms with E-state index in [1.165, 1.54) is 16.4 Å². The number of nitrogens with zero attached hydrogens (tertiary/aromatic N) is 1. The second kappa shape index (κ2) is 9.04. The topological polar surface area (TPSA) is 66.5 Å². The van der Waals surface area contributed by atoms with Crippen molar-refractivity contribution in [2.75, 3.05) is 13.1 Å². The van der Waals surface area contributed by atoms with Crippen LogP contribution in [0, 0.1) is 11.8 Å². The number of nitrogens with one attached hydrogen (secondary N) is 1. The highest BCUT2D eigenvalue weighted by molar-refractivity contribution is 7.89. The first-order chi connectivity index (χ1) is 13.7. The molecule has 29 heavy (non-hydrogen) atoms. The lowest BCUT2D eigenvalue weighted by atomic mass is 9.80. The summed E-state index contributed by atoms with van der Waals surface area (Å²) in [6.07, 6.45) is -0.842. The highest BCUT2D eigenvalue weighted by Crippen LogP contribution is 2.40. The molecule has 1 amide bonds. The van der Waals surface area contributed by atoms with E-state index in [0.29, 0.717) is 31.5 Å². The van der Waals surface area contributed by atoms with E-state index in [9.17, 15) is 26.4 Å². The van der Waals surface area contributed by atoms with E-state index >= 15 is 0 Å². The summed E-state index contributed by atoms with van der Waals surface area (Å²) in [6.45, 7) is 1.10. The average Bonchev–Trinajstić information content (AvgIpc) is 2.72. The molecule has 1 aromatic carbocycles. The quantitative estimate of drug-likeness (QED) is 0.769. The maximum atomic E-state index is 12.9. The number of carbonyl (C=O) groups is 1. The van der Waals surface area contributed by atoms with Crippen molar-refractivity contribution in [1.82, 2.24) is 9.62 Å². The molecule has 1 aliphatic carbocycles. The van der Waals surface area contributed by atoms with Crippen LogP contribution in [0.15, 0.2) is 29.2 Å². The van der Waals surface area contributed by atoms with Crippen LogP contribution in [-0.2, 0) is 21.4 Å². The van der Waals surface area contributed by atoms with Crippen LogP contribution in [-0.4, -0.2) is 37.9 Å². The zero-order chi connectivity index (χ0) is 21.1. The van der Waals surface area contributed by atoms with Crippen LogP contribution >= 0.6 is 0 Å². The van der Waals surface area contributed by atoms with Gasteiger partial charge in [-0.25, -0.2) is 8.42 Å².